The number of hydrogen-bond acceptors (Lipinski definition) is 5. The number of aromatic nitrogens is 2. The predicted molar refractivity (Wildman–Crippen MR) is 59.2 cm³/mol. The molecule has 0 spiro atoms. The molecule has 2 atom stereocenters. The lowest BCUT2D eigenvalue weighted by Gasteiger charge is -2.02. The fourth-order valence-corrected chi connectivity index (χ4v) is 2.53. The van der Waals surface area contributed by atoms with Gasteiger partial charge in [0.05, 0.1) is 5.92 Å². The fraction of sp³-hybridized carbons (Fsp3) is 0.818. The second-order valence-corrected chi connectivity index (χ2v) is 4.80. The van der Waals surface area contributed by atoms with Crippen LogP contribution in [0.15, 0.2) is 4.52 Å². The molecular formula is C11H18N4O. The summed E-state index contributed by atoms with van der Waals surface area (Å²) in [6, 6.07) is 0. The molecule has 2 saturated heterocycles. The van der Waals surface area contributed by atoms with Crippen LogP contribution in [0.25, 0.3) is 0 Å². The summed E-state index contributed by atoms with van der Waals surface area (Å²) in [6.45, 7) is 4.26. The molecule has 2 fully saturated rings. The minimum Gasteiger partial charge on any atom is -0.339 e. The zero-order valence-corrected chi connectivity index (χ0v) is 9.41. The van der Waals surface area contributed by atoms with Crippen LogP contribution in [0.4, 0.5) is 0 Å². The van der Waals surface area contributed by atoms with Crippen molar-refractivity contribution in [3.8, 4) is 0 Å². The Morgan fingerprint density at radius 2 is 2.06 bits per heavy atom. The van der Waals surface area contributed by atoms with Crippen LogP contribution in [-0.4, -0.2) is 36.3 Å². The van der Waals surface area contributed by atoms with Gasteiger partial charge in [-0.1, -0.05) is 5.16 Å². The molecule has 0 radical (unpaired) electrons. The van der Waals surface area contributed by atoms with E-state index in [9.17, 15) is 0 Å². The Bertz CT molecular complexity index is 340. The molecule has 2 N–H and O–H groups in total. The highest BCUT2D eigenvalue weighted by molar-refractivity contribution is 4.99. The smallest absolute Gasteiger partial charge is 0.231 e. The minimum atomic E-state index is 0.433. The molecule has 88 valence electrons. The van der Waals surface area contributed by atoms with Gasteiger partial charge in [-0.05, 0) is 38.4 Å². The minimum absolute atomic E-state index is 0.433. The molecule has 1 aromatic heterocycles. The van der Waals surface area contributed by atoms with Crippen LogP contribution in [0, 0.1) is 5.92 Å². The highest BCUT2D eigenvalue weighted by Crippen LogP contribution is 2.21. The average molecular weight is 222 g/mol. The van der Waals surface area contributed by atoms with Gasteiger partial charge in [-0.25, -0.2) is 0 Å². The van der Waals surface area contributed by atoms with Crippen LogP contribution in [-0.2, 0) is 6.42 Å². The molecule has 5 nitrogen and oxygen atoms in total. The van der Waals surface area contributed by atoms with Crippen molar-refractivity contribution >= 4 is 0 Å². The first-order valence-electron chi connectivity index (χ1n) is 6.16. The van der Waals surface area contributed by atoms with Crippen molar-refractivity contribution in [3.05, 3.63) is 11.7 Å². The summed E-state index contributed by atoms with van der Waals surface area (Å²) in [4.78, 5) is 4.51. The van der Waals surface area contributed by atoms with Crippen LogP contribution in [0.3, 0.4) is 0 Å². The van der Waals surface area contributed by atoms with E-state index in [2.05, 4.69) is 20.8 Å². The third-order valence-corrected chi connectivity index (χ3v) is 3.53. The third-order valence-electron chi connectivity index (χ3n) is 3.53. The second-order valence-electron chi connectivity index (χ2n) is 4.80. The Labute approximate surface area is 95.0 Å². The van der Waals surface area contributed by atoms with Gasteiger partial charge < -0.3 is 15.2 Å². The lowest BCUT2D eigenvalue weighted by Crippen LogP contribution is -2.11. The van der Waals surface area contributed by atoms with Gasteiger partial charge in [0.2, 0.25) is 5.89 Å². The molecule has 5 heteroatoms. The first kappa shape index (κ1) is 10.2. The zero-order valence-electron chi connectivity index (χ0n) is 9.41. The van der Waals surface area contributed by atoms with Gasteiger partial charge in [0, 0.05) is 13.0 Å². The van der Waals surface area contributed by atoms with E-state index in [0.29, 0.717) is 11.8 Å². The molecular weight excluding hydrogens is 204 g/mol. The fourth-order valence-electron chi connectivity index (χ4n) is 2.53. The summed E-state index contributed by atoms with van der Waals surface area (Å²) < 4.78 is 5.34. The van der Waals surface area contributed by atoms with Crippen molar-refractivity contribution in [2.75, 3.05) is 26.2 Å². The van der Waals surface area contributed by atoms with Gasteiger partial charge in [-0.3, -0.25) is 0 Å². The highest BCUT2D eigenvalue weighted by Gasteiger charge is 2.24. The van der Waals surface area contributed by atoms with Gasteiger partial charge in [0.25, 0.3) is 0 Å². The van der Waals surface area contributed by atoms with Crippen LogP contribution in [0.1, 0.15) is 30.5 Å². The number of rotatable bonds is 3. The maximum Gasteiger partial charge on any atom is 0.231 e. The van der Waals surface area contributed by atoms with Crippen molar-refractivity contribution in [2.24, 2.45) is 5.92 Å². The maximum atomic E-state index is 5.34. The summed E-state index contributed by atoms with van der Waals surface area (Å²) in [5, 5.41) is 10.8. The van der Waals surface area contributed by atoms with E-state index in [4.69, 9.17) is 4.52 Å². The summed E-state index contributed by atoms with van der Waals surface area (Å²) in [6.07, 6.45) is 3.30. The summed E-state index contributed by atoms with van der Waals surface area (Å²) in [7, 11) is 0. The average Bonchev–Trinajstić information content (AvgIpc) is 2.99. The quantitative estimate of drug-likeness (QED) is 0.770. The summed E-state index contributed by atoms with van der Waals surface area (Å²) in [5.74, 6) is 2.83. The van der Waals surface area contributed by atoms with Crippen molar-refractivity contribution in [1.29, 1.82) is 0 Å². The van der Waals surface area contributed by atoms with E-state index >= 15 is 0 Å². The third kappa shape index (κ3) is 2.10. The molecule has 0 aromatic carbocycles. The Morgan fingerprint density at radius 1 is 1.19 bits per heavy atom. The first-order chi connectivity index (χ1) is 7.92. The molecule has 2 unspecified atom stereocenters. The van der Waals surface area contributed by atoms with Crippen molar-refractivity contribution < 1.29 is 4.52 Å². The van der Waals surface area contributed by atoms with Gasteiger partial charge in [-0.15, -0.1) is 0 Å². The Morgan fingerprint density at radius 3 is 2.81 bits per heavy atom. The molecule has 2 aliphatic heterocycles. The van der Waals surface area contributed by atoms with E-state index in [0.717, 1.165) is 50.7 Å². The van der Waals surface area contributed by atoms with Crippen molar-refractivity contribution in [3.63, 3.8) is 0 Å². The maximum absolute atomic E-state index is 5.34. The van der Waals surface area contributed by atoms with Crippen LogP contribution in [0.2, 0.25) is 0 Å². The summed E-state index contributed by atoms with van der Waals surface area (Å²) >= 11 is 0. The monoisotopic (exact) mass is 222 g/mol. The highest BCUT2D eigenvalue weighted by atomic mass is 16.5. The zero-order chi connectivity index (χ0) is 10.8. The molecule has 1 aromatic rings. The van der Waals surface area contributed by atoms with Crippen LogP contribution < -0.4 is 10.6 Å². The van der Waals surface area contributed by atoms with Crippen LogP contribution >= 0.6 is 0 Å². The molecule has 0 aliphatic carbocycles. The van der Waals surface area contributed by atoms with Gasteiger partial charge in [0.15, 0.2) is 5.82 Å². The second kappa shape index (κ2) is 4.51. The molecule has 0 bridgehead atoms. The van der Waals surface area contributed by atoms with Gasteiger partial charge >= 0.3 is 0 Å². The first-order valence-corrected chi connectivity index (χ1v) is 6.16. The normalized spacial score (nSPS) is 30.0. The van der Waals surface area contributed by atoms with Gasteiger partial charge in [-0.2, -0.15) is 4.98 Å². The Kier molecular flexibility index (Phi) is 2.88. The van der Waals surface area contributed by atoms with Gasteiger partial charge in [0.1, 0.15) is 0 Å². The van der Waals surface area contributed by atoms with Crippen molar-refractivity contribution in [2.45, 2.75) is 25.2 Å². The van der Waals surface area contributed by atoms with E-state index in [-0.39, 0.29) is 0 Å². The Balaban J connectivity index is 1.62. The van der Waals surface area contributed by atoms with E-state index in [1.165, 1.54) is 6.42 Å². The summed E-state index contributed by atoms with van der Waals surface area (Å²) in [5.41, 5.74) is 0. The van der Waals surface area contributed by atoms with Crippen LogP contribution in [0.5, 0.6) is 0 Å². The SMILES string of the molecule is C1CC(Cc2noc(C3CCNC3)n2)CN1. The molecule has 2 aliphatic rings. The topological polar surface area (TPSA) is 63.0 Å². The van der Waals surface area contributed by atoms with E-state index in [1.807, 2.05) is 0 Å². The van der Waals surface area contributed by atoms with Crippen molar-refractivity contribution in [1.82, 2.24) is 20.8 Å². The number of nitrogens with zero attached hydrogens (tertiary/aromatic N) is 2. The number of hydrogen-bond donors (Lipinski definition) is 2. The molecule has 0 amide bonds. The largest absolute Gasteiger partial charge is 0.339 e. The molecule has 16 heavy (non-hydrogen) atoms. The van der Waals surface area contributed by atoms with E-state index < -0.39 is 0 Å². The molecule has 0 saturated carbocycles. The lowest BCUT2D eigenvalue weighted by atomic mass is 10.0. The molecule has 3 rings (SSSR count). The standard InChI is InChI=1S/C11H18N4O/c1-3-12-6-8(1)5-10-14-11(16-15-10)9-2-4-13-7-9/h8-9,12-13H,1-7H2. The van der Waals surface area contributed by atoms with E-state index in [1.54, 1.807) is 0 Å². The lowest BCUT2D eigenvalue weighted by molar-refractivity contribution is 0.352. The predicted octanol–water partition coefficient (Wildman–Crippen LogP) is 0.298. The number of nitrogens with one attached hydrogen (secondary N) is 2. The molecule has 3 heterocycles. The Hall–Kier alpha value is -0.940.